The van der Waals surface area contributed by atoms with Crippen molar-refractivity contribution in [3.05, 3.63) is 112 Å². The third-order valence-corrected chi connectivity index (χ3v) is 5.53. The molecule has 0 unspecified atom stereocenters. The van der Waals surface area contributed by atoms with Crippen molar-refractivity contribution in [3.8, 4) is 0 Å². The summed E-state index contributed by atoms with van der Waals surface area (Å²) < 4.78 is 27.6. The Hall–Kier alpha value is -3.47. The summed E-state index contributed by atoms with van der Waals surface area (Å²) in [5.74, 6) is -1.01. The number of aromatic nitrogens is 3. The zero-order valence-corrected chi connectivity index (χ0v) is 15.5. The molecule has 3 aromatic rings. The topological polar surface area (TPSA) is 38.7 Å². The van der Waals surface area contributed by atoms with Gasteiger partial charge in [0.1, 0.15) is 0 Å². The first-order valence-electron chi connectivity index (χ1n) is 9.40. The Bertz CT molecular complexity index is 1240. The average molecular weight is 385 g/mol. The van der Waals surface area contributed by atoms with Crippen molar-refractivity contribution in [1.29, 1.82) is 0 Å². The van der Waals surface area contributed by atoms with Gasteiger partial charge in [-0.2, -0.15) is 8.78 Å². The maximum Gasteiger partial charge on any atom is 0.213 e. The molecule has 3 heterocycles. The minimum absolute atomic E-state index is 0.464. The van der Waals surface area contributed by atoms with E-state index in [-0.39, 0.29) is 0 Å². The van der Waals surface area contributed by atoms with Gasteiger partial charge in [0, 0.05) is 35.4 Å². The van der Waals surface area contributed by atoms with Crippen molar-refractivity contribution < 1.29 is 8.78 Å². The molecular formula is C24H17F2N3. The lowest BCUT2D eigenvalue weighted by molar-refractivity contribution is 0.493. The number of allylic oxidation sites excluding steroid dienone is 4. The van der Waals surface area contributed by atoms with Crippen LogP contribution in [-0.4, -0.2) is 15.0 Å². The molecule has 5 heteroatoms. The highest BCUT2D eigenvalue weighted by Gasteiger charge is 2.37. The van der Waals surface area contributed by atoms with E-state index in [1.54, 1.807) is 6.20 Å². The van der Waals surface area contributed by atoms with Crippen molar-refractivity contribution in [2.75, 3.05) is 0 Å². The molecule has 0 radical (unpaired) electrons. The second-order valence-corrected chi connectivity index (χ2v) is 7.45. The number of fused-ring (bicyclic) bond motifs is 2. The predicted octanol–water partition coefficient (Wildman–Crippen LogP) is 3.06. The van der Waals surface area contributed by atoms with Crippen molar-refractivity contribution in [1.82, 2.24) is 15.0 Å². The monoisotopic (exact) mass is 385 g/mol. The van der Waals surface area contributed by atoms with Crippen molar-refractivity contribution in [3.63, 3.8) is 0 Å². The molecule has 5 rings (SSSR count). The maximum atomic E-state index is 13.8. The zero-order valence-electron chi connectivity index (χ0n) is 15.5. The SMILES string of the molecule is Fc1cc(CC2(Cc3ccnc(F)c3)C=CC=C3C=c4cnccc4=C32)ccn1. The third-order valence-electron chi connectivity index (χ3n) is 5.53. The van der Waals surface area contributed by atoms with E-state index < -0.39 is 17.3 Å². The Morgan fingerprint density at radius 1 is 0.862 bits per heavy atom. The van der Waals surface area contributed by atoms with Crippen molar-refractivity contribution in [2.45, 2.75) is 12.8 Å². The molecule has 0 bridgehead atoms. The van der Waals surface area contributed by atoms with E-state index in [4.69, 9.17) is 0 Å². The minimum Gasteiger partial charge on any atom is -0.264 e. The molecule has 0 N–H and O–H groups in total. The predicted molar refractivity (Wildman–Crippen MR) is 107 cm³/mol. The van der Waals surface area contributed by atoms with Crippen LogP contribution in [0.3, 0.4) is 0 Å². The molecule has 0 spiro atoms. The van der Waals surface area contributed by atoms with E-state index in [9.17, 15) is 8.78 Å². The van der Waals surface area contributed by atoms with Crippen LogP contribution in [0.15, 0.2) is 78.9 Å². The smallest absolute Gasteiger partial charge is 0.213 e. The summed E-state index contributed by atoms with van der Waals surface area (Å²) in [6, 6.07) is 8.60. The quantitative estimate of drug-likeness (QED) is 0.648. The molecule has 0 amide bonds. The van der Waals surface area contributed by atoms with E-state index >= 15 is 0 Å². The Morgan fingerprint density at radius 3 is 2.21 bits per heavy atom. The van der Waals surface area contributed by atoms with Crippen LogP contribution in [0.2, 0.25) is 0 Å². The first-order chi connectivity index (χ1) is 14.1. The third kappa shape index (κ3) is 3.18. The standard InChI is InChI=1S/C24H17F2N3/c25-21-10-16(3-8-28-21)13-24(14-17-4-9-29-22(26)11-17)6-1-2-18-12-19-15-27-7-5-20(19)23(18)24/h1-12,15H,13-14H2. The highest BCUT2D eigenvalue weighted by atomic mass is 19.1. The van der Waals surface area contributed by atoms with Gasteiger partial charge in [-0.1, -0.05) is 18.2 Å². The largest absolute Gasteiger partial charge is 0.264 e. The van der Waals surface area contributed by atoms with Gasteiger partial charge in [-0.15, -0.1) is 0 Å². The molecule has 0 saturated heterocycles. The minimum atomic E-state index is -0.504. The van der Waals surface area contributed by atoms with E-state index in [2.05, 4.69) is 33.2 Å². The molecule has 2 aliphatic rings. The van der Waals surface area contributed by atoms with Gasteiger partial charge in [0.05, 0.1) is 0 Å². The Kier molecular flexibility index (Phi) is 4.16. The van der Waals surface area contributed by atoms with Gasteiger partial charge < -0.3 is 0 Å². The summed E-state index contributed by atoms with van der Waals surface area (Å²) in [6.07, 6.45) is 16.1. The van der Waals surface area contributed by atoms with Crippen LogP contribution in [0.25, 0.3) is 11.6 Å². The molecule has 0 aliphatic heterocycles. The van der Waals surface area contributed by atoms with Gasteiger partial charge in [-0.25, -0.2) is 9.97 Å². The van der Waals surface area contributed by atoms with Gasteiger partial charge in [0.15, 0.2) is 0 Å². The number of hydrogen-bond donors (Lipinski definition) is 0. The Balaban J connectivity index is 1.72. The summed E-state index contributed by atoms with van der Waals surface area (Å²) in [7, 11) is 0. The summed E-state index contributed by atoms with van der Waals surface area (Å²) in [5, 5.41) is 2.17. The fourth-order valence-electron chi connectivity index (χ4n) is 4.44. The maximum absolute atomic E-state index is 13.8. The highest BCUT2D eigenvalue weighted by Crippen LogP contribution is 2.44. The summed E-state index contributed by atoms with van der Waals surface area (Å²) >= 11 is 0. The van der Waals surface area contributed by atoms with Gasteiger partial charge in [-0.05, 0) is 76.7 Å². The first-order valence-corrected chi connectivity index (χ1v) is 9.40. The van der Waals surface area contributed by atoms with Crippen LogP contribution in [0.5, 0.6) is 0 Å². The van der Waals surface area contributed by atoms with E-state index in [1.807, 2.05) is 30.5 Å². The van der Waals surface area contributed by atoms with Crippen LogP contribution in [-0.2, 0) is 12.8 Å². The van der Waals surface area contributed by atoms with Crippen molar-refractivity contribution >= 4 is 11.6 Å². The fraction of sp³-hybridized carbons (Fsp3) is 0.125. The average Bonchev–Trinajstić information content (AvgIpc) is 3.08. The lowest BCUT2D eigenvalue weighted by Crippen LogP contribution is -2.34. The lowest BCUT2D eigenvalue weighted by atomic mass is 9.67. The lowest BCUT2D eigenvalue weighted by Gasteiger charge is -2.36. The molecule has 0 atom stereocenters. The first kappa shape index (κ1) is 17.6. The molecule has 2 aliphatic carbocycles. The van der Waals surface area contributed by atoms with Crippen LogP contribution in [0, 0.1) is 17.3 Å². The molecule has 0 fully saturated rings. The highest BCUT2D eigenvalue weighted by molar-refractivity contribution is 5.87. The number of pyridine rings is 3. The van der Waals surface area contributed by atoms with E-state index in [1.165, 1.54) is 24.5 Å². The van der Waals surface area contributed by atoms with Crippen molar-refractivity contribution in [2.24, 2.45) is 5.41 Å². The summed E-state index contributed by atoms with van der Waals surface area (Å²) in [6.45, 7) is 0. The van der Waals surface area contributed by atoms with Gasteiger partial charge in [0.25, 0.3) is 0 Å². The summed E-state index contributed by atoms with van der Waals surface area (Å²) in [4.78, 5) is 11.6. The van der Waals surface area contributed by atoms with E-state index in [0.29, 0.717) is 12.8 Å². The molecule has 0 aromatic carbocycles. The molecule has 3 nitrogen and oxygen atoms in total. The van der Waals surface area contributed by atoms with Crippen LogP contribution < -0.4 is 10.4 Å². The Labute approximate surface area is 166 Å². The van der Waals surface area contributed by atoms with Gasteiger partial charge in [-0.3, -0.25) is 4.98 Å². The van der Waals surface area contributed by atoms with Crippen LogP contribution in [0.1, 0.15) is 11.1 Å². The zero-order chi connectivity index (χ0) is 19.8. The normalized spacial score (nSPS) is 16.1. The number of halogens is 2. The molecule has 0 saturated carbocycles. The van der Waals surface area contributed by atoms with Gasteiger partial charge in [0.2, 0.25) is 11.9 Å². The second kappa shape index (κ2) is 6.85. The van der Waals surface area contributed by atoms with Crippen LogP contribution in [0.4, 0.5) is 8.78 Å². The second-order valence-electron chi connectivity index (χ2n) is 7.45. The summed E-state index contributed by atoms with van der Waals surface area (Å²) in [5.41, 5.74) is 3.49. The van der Waals surface area contributed by atoms with E-state index in [0.717, 1.165) is 32.7 Å². The number of nitrogens with zero attached hydrogens (tertiary/aromatic N) is 3. The van der Waals surface area contributed by atoms with Crippen LogP contribution >= 0.6 is 0 Å². The number of hydrogen-bond acceptors (Lipinski definition) is 3. The number of rotatable bonds is 4. The molecule has 3 aromatic heterocycles. The molecular weight excluding hydrogens is 368 g/mol. The van der Waals surface area contributed by atoms with Gasteiger partial charge >= 0.3 is 0 Å². The molecule has 29 heavy (non-hydrogen) atoms. The molecule has 142 valence electrons. The Morgan fingerprint density at radius 2 is 1.55 bits per heavy atom. The fourth-order valence-corrected chi connectivity index (χ4v) is 4.44.